The number of H-pyrrole nitrogens is 1. The molecule has 6 heteroatoms. The van der Waals surface area contributed by atoms with Crippen LogP contribution in [0.5, 0.6) is 0 Å². The molecule has 0 unspecified atom stereocenters. The lowest BCUT2D eigenvalue weighted by Gasteiger charge is -2.08. The van der Waals surface area contributed by atoms with Crippen molar-refractivity contribution in [3.8, 4) is 0 Å². The van der Waals surface area contributed by atoms with Crippen LogP contribution in [0.3, 0.4) is 0 Å². The number of rotatable bonds is 5. The maximum atomic E-state index is 11.8. The lowest BCUT2D eigenvalue weighted by Crippen LogP contribution is -2.19. The van der Waals surface area contributed by atoms with Crippen LogP contribution in [-0.2, 0) is 6.54 Å². The van der Waals surface area contributed by atoms with Gasteiger partial charge in [-0.3, -0.25) is 9.78 Å². The Morgan fingerprint density at radius 2 is 2.11 bits per heavy atom. The van der Waals surface area contributed by atoms with Gasteiger partial charge < -0.3 is 16.0 Å². The molecule has 1 aromatic carbocycles. The average molecular weight is 257 g/mol. The highest BCUT2D eigenvalue weighted by molar-refractivity contribution is 5.83. The largest absolute Gasteiger partial charge is 0.382 e. The van der Waals surface area contributed by atoms with Gasteiger partial charge in [0.15, 0.2) is 0 Å². The van der Waals surface area contributed by atoms with Gasteiger partial charge >= 0.3 is 0 Å². The molecule has 0 aliphatic heterocycles. The number of nitrogens with zero attached hydrogens (tertiary/aromatic N) is 1. The first-order valence-electron chi connectivity index (χ1n) is 5.85. The lowest BCUT2D eigenvalue weighted by molar-refractivity contribution is 1.03. The van der Waals surface area contributed by atoms with Crippen molar-refractivity contribution in [1.29, 1.82) is 5.41 Å². The summed E-state index contributed by atoms with van der Waals surface area (Å²) in [7, 11) is 1.62. The second-order valence-electron chi connectivity index (χ2n) is 3.91. The summed E-state index contributed by atoms with van der Waals surface area (Å²) in [4.78, 5) is 18.6. The highest BCUT2D eigenvalue weighted by atomic mass is 16.1. The smallest absolute Gasteiger partial charge is 0.276 e. The van der Waals surface area contributed by atoms with E-state index in [9.17, 15) is 4.79 Å². The Labute approximate surface area is 110 Å². The van der Waals surface area contributed by atoms with E-state index in [0.717, 1.165) is 11.8 Å². The Bertz CT molecular complexity index is 621. The molecule has 2 aromatic rings. The summed E-state index contributed by atoms with van der Waals surface area (Å²) in [6, 6.07) is 9.79. The Morgan fingerprint density at radius 1 is 1.37 bits per heavy atom. The van der Waals surface area contributed by atoms with E-state index in [1.165, 1.54) is 0 Å². The van der Waals surface area contributed by atoms with Crippen LogP contribution < -0.4 is 16.2 Å². The molecule has 0 atom stereocenters. The molecular weight excluding hydrogens is 242 g/mol. The van der Waals surface area contributed by atoms with Gasteiger partial charge in [-0.25, -0.2) is 4.98 Å². The van der Waals surface area contributed by atoms with Gasteiger partial charge in [0.1, 0.15) is 11.4 Å². The molecule has 0 bridgehead atoms. The monoisotopic (exact) mass is 257 g/mol. The molecular formula is C13H15N5O. The molecule has 1 heterocycles. The van der Waals surface area contributed by atoms with Crippen LogP contribution in [0.4, 0.5) is 11.6 Å². The molecule has 0 spiro atoms. The maximum Gasteiger partial charge on any atom is 0.276 e. The van der Waals surface area contributed by atoms with Gasteiger partial charge in [-0.05, 0) is 5.56 Å². The quantitative estimate of drug-likeness (QED) is 0.609. The van der Waals surface area contributed by atoms with Gasteiger partial charge in [0.05, 0.1) is 0 Å². The number of hydrogen-bond acceptors (Lipinski definition) is 5. The molecule has 19 heavy (non-hydrogen) atoms. The summed E-state index contributed by atoms with van der Waals surface area (Å²) in [5.74, 6) is 0.353. The summed E-state index contributed by atoms with van der Waals surface area (Å²) < 4.78 is 0. The molecule has 0 fully saturated rings. The summed E-state index contributed by atoms with van der Waals surface area (Å²) in [5.41, 5.74) is 1.38. The van der Waals surface area contributed by atoms with Gasteiger partial charge in [0.2, 0.25) is 5.95 Å². The highest BCUT2D eigenvalue weighted by Crippen LogP contribution is 2.07. The number of anilines is 2. The van der Waals surface area contributed by atoms with Crippen molar-refractivity contribution in [3.63, 3.8) is 0 Å². The Morgan fingerprint density at radius 3 is 2.74 bits per heavy atom. The number of hydrogen-bond donors (Lipinski definition) is 4. The van der Waals surface area contributed by atoms with E-state index in [1.807, 2.05) is 30.3 Å². The topological polar surface area (TPSA) is 93.7 Å². The fourth-order valence-corrected chi connectivity index (χ4v) is 1.70. The fourth-order valence-electron chi connectivity index (χ4n) is 1.70. The minimum Gasteiger partial charge on any atom is -0.382 e. The van der Waals surface area contributed by atoms with Crippen molar-refractivity contribution >= 4 is 17.9 Å². The van der Waals surface area contributed by atoms with Crippen molar-refractivity contribution in [3.05, 3.63) is 51.9 Å². The number of benzene rings is 1. The zero-order chi connectivity index (χ0) is 13.7. The second kappa shape index (κ2) is 5.81. The van der Waals surface area contributed by atoms with Crippen molar-refractivity contribution in [1.82, 2.24) is 9.97 Å². The number of aromatic nitrogens is 2. The molecule has 0 aliphatic rings. The Kier molecular flexibility index (Phi) is 3.92. The predicted octanol–water partition coefficient (Wildman–Crippen LogP) is 1.42. The van der Waals surface area contributed by atoms with E-state index < -0.39 is 0 Å². The third-order valence-electron chi connectivity index (χ3n) is 2.64. The van der Waals surface area contributed by atoms with E-state index in [2.05, 4.69) is 20.6 Å². The van der Waals surface area contributed by atoms with Crippen molar-refractivity contribution in [2.75, 3.05) is 17.7 Å². The molecule has 0 amide bonds. The van der Waals surface area contributed by atoms with E-state index in [1.54, 1.807) is 7.05 Å². The summed E-state index contributed by atoms with van der Waals surface area (Å²) in [5, 5.41) is 13.0. The normalized spacial score (nSPS) is 9.95. The molecule has 0 saturated carbocycles. The van der Waals surface area contributed by atoms with Crippen LogP contribution in [0.15, 0.2) is 35.1 Å². The predicted molar refractivity (Wildman–Crippen MR) is 76.1 cm³/mol. The van der Waals surface area contributed by atoms with Gasteiger partial charge in [0.25, 0.3) is 5.56 Å². The van der Waals surface area contributed by atoms with E-state index >= 15 is 0 Å². The molecule has 0 saturated heterocycles. The zero-order valence-electron chi connectivity index (χ0n) is 10.5. The minimum atomic E-state index is -0.299. The van der Waals surface area contributed by atoms with Gasteiger partial charge in [-0.1, -0.05) is 30.3 Å². The SMILES string of the molecule is CNc1c(C=N)nc(NCc2ccccc2)[nH]c1=O. The number of aromatic amines is 1. The van der Waals surface area contributed by atoms with Crippen LogP contribution >= 0.6 is 0 Å². The molecule has 0 aliphatic carbocycles. The Hall–Kier alpha value is -2.63. The number of nitrogens with one attached hydrogen (secondary N) is 4. The van der Waals surface area contributed by atoms with Crippen LogP contribution in [0.1, 0.15) is 11.3 Å². The first kappa shape index (κ1) is 12.8. The summed E-state index contributed by atoms with van der Waals surface area (Å²) in [6.45, 7) is 0.556. The van der Waals surface area contributed by atoms with Crippen LogP contribution in [0.2, 0.25) is 0 Å². The van der Waals surface area contributed by atoms with Crippen molar-refractivity contribution in [2.45, 2.75) is 6.54 Å². The first-order valence-corrected chi connectivity index (χ1v) is 5.85. The molecule has 4 N–H and O–H groups in total. The van der Waals surface area contributed by atoms with E-state index in [0.29, 0.717) is 23.9 Å². The van der Waals surface area contributed by atoms with Crippen LogP contribution in [-0.4, -0.2) is 23.2 Å². The van der Waals surface area contributed by atoms with Gasteiger partial charge in [-0.2, -0.15) is 0 Å². The second-order valence-corrected chi connectivity index (χ2v) is 3.91. The highest BCUT2D eigenvalue weighted by Gasteiger charge is 2.07. The molecule has 98 valence electrons. The zero-order valence-corrected chi connectivity index (χ0v) is 10.5. The van der Waals surface area contributed by atoms with Crippen molar-refractivity contribution in [2.24, 2.45) is 0 Å². The first-order chi connectivity index (χ1) is 9.24. The van der Waals surface area contributed by atoms with E-state index in [4.69, 9.17) is 5.41 Å². The molecule has 2 rings (SSSR count). The Balaban J connectivity index is 2.20. The lowest BCUT2D eigenvalue weighted by atomic mass is 10.2. The molecule has 6 nitrogen and oxygen atoms in total. The summed E-state index contributed by atoms with van der Waals surface area (Å²) >= 11 is 0. The maximum absolute atomic E-state index is 11.8. The molecule has 0 radical (unpaired) electrons. The third kappa shape index (κ3) is 2.98. The summed E-state index contributed by atoms with van der Waals surface area (Å²) in [6.07, 6.45) is 1.05. The van der Waals surface area contributed by atoms with E-state index in [-0.39, 0.29) is 5.56 Å². The minimum absolute atomic E-state index is 0.292. The fraction of sp³-hybridized carbons (Fsp3) is 0.154. The van der Waals surface area contributed by atoms with Crippen LogP contribution in [0.25, 0.3) is 0 Å². The molecule has 1 aromatic heterocycles. The van der Waals surface area contributed by atoms with Crippen LogP contribution in [0, 0.1) is 5.41 Å². The average Bonchev–Trinajstić information content (AvgIpc) is 2.45. The van der Waals surface area contributed by atoms with Gasteiger partial charge in [0, 0.05) is 19.8 Å². The standard InChI is InChI=1S/C13H15N5O/c1-15-11-10(7-14)17-13(18-12(11)19)16-8-9-5-3-2-4-6-9/h2-7,14-15H,8H2,1H3,(H2,16,17,18,19). The van der Waals surface area contributed by atoms with Crippen molar-refractivity contribution < 1.29 is 0 Å². The van der Waals surface area contributed by atoms with Gasteiger partial charge in [-0.15, -0.1) is 0 Å². The third-order valence-corrected chi connectivity index (χ3v) is 2.64.